The molecule has 218 valence electrons. The van der Waals surface area contributed by atoms with Crippen LogP contribution in [-0.2, 0) is 22.7 Å². The van der Waals surface area contributed by atoms with Gasteiger partial charge in [0.25, 0.3) is 0 Å². The van der Waals surface area contributed by atoms with Crippen LogP contribution in [0.25, 0.3) is 11.1 Å². The van der Waals surface area contributed by atoms with Crippen LogP contribution in [0.3, 0.4) is 0 Å². The lowest BCUT2D eigenvalue weighted by molar-refractivity contribution is -0.144. The van der Waals surface area contributed by atoms with Crippen molar-refractivity contribution in [1.29, 1.82) is 0 Å². The van der Waals surface area contributed by atoms with E-state index < -0.39 is 11.6 Å². The molecule has 1 fully saturated rings. The van der Waals surface area contributed by atoms with E-state index in [9.17, 15) is 4.79 Å². The van der Waals surface area contributed by atoms with Gasteiger partial charge in [-0.05, 0) is 55.0 Å². The summed E-state index contributed by atoms with van der Waals surface area (Å²) in [5.41, 5.74) is 2.32. The van der Waals surface area contributed by atoms with Crippen molar-refractivity contribution in [3.8, 4) is 22.9 Å². The first kappa shape index (κ1) is 29.0. The third-order valence-electron chi connectivity index (χ3n) is 7.32. The van der Waals surface area contributed by atoms with E-state index in [2.05, 4.69) is 4.98 Å². The van der Waals surface area contributed by atoms with Crippen LogP contribution in [0.1, 0.15) is 37.3 Å². The number of esters is 1. The van der Waals surface area contributed by atoms with Gasteiger partial charge in [0.2, 0.25) is 11.8 Å². The molecule has 5 rings (SSSR count). The molecule has 0 amide bonds. The van der Waals surface area contributed by atoms with Gasteiger partial charge in [-0.3, -0.25) is 4.79 Å². The number of carbonyl (C=O) groups is 1. The molecule has 1 saturated heterocycles. The summed E-state index contributed by atoms with van der Waals surface area (Å²) in [6.07, 6.45) is 1.86. The van der Waals surface area contributed by atoms with Crippen molar-refractivity contribution in [2.45, 2.75) is 39.4 Å². The molecule has 0 bridgehead atoms. The van der Waals surface area contributed by atoms with Gasteiger partial charge in [-0.2, -0.15) is 4.98 Å². The van der Waals surface area contributed by atoms with Crippen molar-refractivity contribution >= 4 is 11.7 Å². The van der Waals surface area contributed by atoms with E-state index in [4.69, 9.17) is 14.2 Å². The Hall–Kier alpha value is -4.46. The second-order valence-corrected chi connectivity index (χ2v) is 10.3. The summed E-state index contributed by atoms with van der Waals surface area (Å²) in [7, 11) is 0. The molecule has 0 atom stereocenters. The first-order valence-electron chi connectivity index (χ1n) is 14.2. The third kappa shape index (κ3) is 7.43. The highest BCUT2D eigenvalue weighted by molar-refractivity contribution is 5.73. The Morgan fingerprint density at radius 1 is 0.857 bits per heavy atom. The van der Waals surface area contributed by atoms with E-state index in [0.29, 0.717) is 38.4 Å². The fraction of sp³-hybridized carbons (Fsp3) is 0.294. The molecule has 42 heavy (non-hydrogen) atoms. The van der Waals surface area contributed by atoms with Crippen LogP contribution < -0.4 is 14.4 Å². The molecule has 4 aromatic rings. The fourth-order valence-electron chi connectivity index (χ4n) is 5.11. The second-order valence-electron chi connectivity index (χ2n) is 10.3. The summed E-state index contributed by atoms with van der Waals surface area (Å²) in [5, 5.41) is 0. The van der Waals surface area contributed by atoms with Crippen molar-refractivity contribution in [3.63, 3.8) is 0 Å². The molecule has 0 spiro atoms. The number of nitrogens with zero attached hydrogens (tertiary/aromatic N) is 2. The van der Waals surface area contributed by atoms with Gasteiger partial charge in [0, 0.05) is 31.3 Å². The van der Waals surface area contributed by atoms with Gasteiger partial charge in [0.1, 0.15) is 24.8 Å². The Kier molecular flexibility index (Phi) is 9.64. The van der Waals surface area contributed by atoms with Crippen LogP contribution >= 0.6 is 0 Å². The number of hydrogen-bond donors (Lipinski definition) is 0. The second kappa shape index (κ2) is 13.9. The van der Waals surface area contributed by atoms with Crippen LogP contribution in [0, 0.1) is 17.6 Å². The molecule has 3 aromatic carbocycles. The average Bonchev–Trinajstić information content (AvgIpc) is 3.01. The first-order chi connectivity index (χ1) is 20.5. The smallest absolute Gasteiger partial charge is 0.306 e. The SMILES string of the molecule is CCOC(=O)CC1CCN(c2cc(F)c(-c3ccc(OCc4ccccc4)nc3OCc3ccccc3)c(F)c2)CC1. The fourth-order valence-corrected chi connectivity index (χ4v) is 5.11. The summed E-state index contributed by atoms with van der Waals surface area (Å²) in [6, 6.07) is 25.0. The molecule has 0 saturated carbocycles. The molecular weight excluding hydrogens is 538 g/mol. The molecule has 2 heterocycles. The highest BCUT2D eigenvalue weighted by Crippen LogP contribution is 2.37. The minimum absolute atomic E-state index is 0.0785. The lowest BCUT2D eigenvalue weighted by Crippen LogP contribution is -2.34. The highest BCUT2D eigenvalue weighted by Gasteiger charge is 2.25. The molecule has 0 aliphatic carbocycles. The Morgan fingerprint density at radius 3 is 2.05 bits per heavy atom. The number of aromatic nitrogens is 1. The summed E-state index contributed by atoms with van der Waals surface area (Å²) >= 11 is 0. The van der Waals surface area contributed by atoms with Gasteiger partial charge >= 0.3 is 5.97 Å². The van der Waals surface area contributed by atoms with E-state index in [-0.39, 0.29) is 41.4 Å². The summed E-state index contributed by atoms with van der Waals surface area (Å²) in [6.45, 7) is 3.81. The number of piperidine rings is 1. The Labute approximate surface area is 244 Å². The number of rotatable bonds is 11. The van der Waals surface area contributed by atoms with E-state index in [1.807, 2.05) is 65.6 Å². The van der Waals surface area contributed by atoms with E-state index >= 15 is 8.78 Å². The van der Waals surface area contributed by atoms with Crippen molar-refractivity contribution < 1.29 is 27.8 Å². The van der Waals surface area contributed by atoms with Gasteiger partial charge in [0.15, 0.2) is 0 Å². The average molecular weight is 573 g/mol. The first-order valence-corrected chi connectivity index (χ1v) is 14.2. The summed E-state index contributed by atoms with van der Waals surface area (Å²) < 4.78 is 48.3. The maximum absolute atomic E-state index is 15.7. The van der Waals surface area contributed by atoms with Gasteiger partial charge in [0.05, 0.1) is 17.7 Å². The zero-order chi connectivity index (χ0) is 29.3. The summed E-state index contributed by atoms with van der Waals surface area (Å²) in [5.74, 6) is -1.05. The molecule has 0 radical (unpaired) electrons. The molecule has 1 aliphatic rings. The zero-order valence-electron chi connectivity index (χ0n) is 23.6. The molecule has 6 nitrogen and oxygen atoms in total. The van der Waals surface area contributed by atoms with Crippen LogP contribution in [0.4, 0.5) is 14.5 Å². The third-order valence-corrected chi connectivity index (χ3v) is 7.32. The largest absolute Gasteiger partial charge is 0.473 e. The lowest BCUT2D eigenvalue weighted by atomic mass is 9.93. The Bertz CT molecular complexity index is 1450. The minimum Gasteiger partial charge on any atom is -0.473 e. The number of anilines is 1. The number of halogens is 2. The molecule has 8 heteroatoms. The minimum atomic E-state index is -0.706. The van der Waals surface area contributed by atoms with Gasteiger partial charge in [-0.15, -0.1) is 0 Å². The predicted octanol–water partition coefficient (Wildman–Crippen LogP) is 7.35. The van der Waals surface area contributed by atoms with Crippen molar-refractivity contribution in [2.75, 3.05) is 24.6 Å². The Balaban J connectivity index is 1.36. The number of pyridine rings is 1. The van der Waals surface area contributed by atoms with Gasteiger partial charge in [-0.25, -0.2) is 8.78 Å². The van der Waals surface area contributed by atoms with Gasteiger partial charge < -0.3 is 19.1 Å². The highest BCUT2D eigenvalue weighted by atomic mass is 19.1. The maximum atomic E-state index is 15.7. The maximum Gasteiger partial charge on any atom is 0.306 e. The van der Waals surface area contributed by atoms with Crippen molar-refractivity contribution in [3.05, 3.63) is 108 Å². The number of hydrogen-bond acceptors (Lipinski definition) is 6. The van der Waals surface area contributed by atoms with Crippen molar-refractivity contribution in [1.82, 2.24) is 4.98 Å². The van der Waals surface area contributed by atoms with Crippen LogP contribution in [0.2, 0.25) is 0 Å². The van der Waals surface area contributed by atoms with Crippen LogP contribution in [0.15, 0.2) is 84.9 Å². The van der Waals surface area contributed by atoms with Gasteiger partial charge in [-0.1, -0.05) is 60.7 Å². The lowest BCUT2D eigenvalue weighted by Gasteiger charge is -2.33. The monoisotopic (exact) mass is 572 g/mol. The van der Waals surface area contributed by atoms with Crippen LogP contribution in [0.5, 0.6) is 11.8 Å². The number of benzene rings is 3. The van der Waals surface area contributed by atoms with E-state index in [1.165, 1.54) is 12.1 Å². The molecular formula is C34H34F2N2O4. The molecule has 0 unspecified atom stereocenters. The molecule has 1 aromatic heterocycles. The quantitative estimate of drug-likeness (QED) is 0.175. The van der Waals surface area contributed by atoms with E-state index in [0.717, 1.165) is 24.0 Å². The van der Waals surface area contributed by atoms with E-state index in [1.54, 1.807) is 19.1 Å². The van der Waals surface area contributed by atoms with Crippen molar-refractivity contribution in [2.24, 2.45) is 5.92 Å². The number of carbonyl (C=O) groups excluding carboxylic acids is 1. The normalized spacial score (nSPS) is 13.5. The Morgan fingerprint density at radius 2 is 1.45 bits per heavy atom. The van der Waals surface area contributed by atoms with Crippen LogP contribution in [-0.4, -0.2) is 30.6 Å². The zero-order valence-corrected chi connectivity index (χ0v) is 23.6. The number of ether oxygens (including phenoxy) is 3. The topological polar surface area (TPSA) is 60.9 Å². The summed E-state index contributed by atoms with van der Waals surface area (Å²) in [4.78, 5) is 18.3. The predicted molar refractivity (Wildman–Crippen MR) is 157 cm³/mol. The molecule has 0 N–H and O–H groups in total. The standard InChI is InChI=1S/C34H34F2N2O4/c1-2-40-32(39)19-24-15-17-38(18-16-24)27-20-29(35)33(30(36)21-27)28-13-14-31(41-22-25-9-5-3-6-10-25)37-34(28)42-23-26-11-7-4-8-12-26/h3-14,20-21,24H,2,15-19,22-23H2,1H3. The molecule has 1 aliphatic heterocycles.